The second-order valence-corrected chi connectivity index (χ2v) is 6.73. The molecule has 17 heavy (non-hydrogen) atoms. The molecule has 2 heterocycles. The van der Waals surface area contributed by atoms with Gasteiger partial charge in [0.1, 0.15) is 0 Å². The minimum absolute atomic E-state index is 0.0146. The van der Waals surface area contributed by atoms with Crippen LogP contribution in [-0.2, 0) is 4.79 Å². The summed E-state index contributed by atoms with van der Waals surface area (Å²) in [4.78, 5) is 14.2. The summed E-state index contributed by atoms with van der Waals surface area (Å²) in [6.45, 7) is 6.21. The van der Waals surface area contributed by atoms with Crippen LogP contribution in [0.2, 0.25) is 0 Å². The smallest absolute Gasteiger partial charge is 0.239 e. The van der Waals surface area contributed by atoms with E-state index in [1.54, 1.807) is 0 Å². The molecule has 1 N–H and O–H groups in total. The maximum atomic E-state index is 12.2. The summed E-state index contributed by atoms with van der Waals surface area (Å²) in [6, 6.07) is 0.495. The number of carbonyl (C=O) groups is 1. The summed E-state index contributed by atoms with van der Waals surface area (Å²) in [5.41, 5.74) is 0. The van der Waals surface area contributed by atoms with E-state index in [4.69, 9.17) is 0 Å². The van der Waals surface area contributed by atoms with Gasteiger partial charge in [0.2, 0.25) is 5.91 Å². The molecule has 2 fully saturated rings. The lowest BCUT2D eigenvalue weighted by Gasteiger charge is -2.32. The first-order chi connectivity index (χ1) is 8.18. The van der Waals surface area contributed by atoms with Gasteiger partial charge < -0.3 is 10.2 Å². The molecule has 0 bridgehead atoms. The van der Waals surface area contributed by atoms with Gasteiger partial charge in [0.15, 0.2) is 0 Å². The van der Waals surface area contributed by atoms with Crippen molar-refractivity contribution < 1.29 is 4.79 Å². The SMILES string of the molecule is CC(NC1CCCSC1C)C(=O)N1CCCC1. The maximum absolute atomic E-state index is 12.2. The molecule has 0 aromatic heterocycles. The van der Waals surface area contributed by atoms with Crippen LogP contribution in [0, 0.1) is 0 Å². The first-order valence-electron chi connectivity index (χ1n) is 6.85. The van der Waals surface area contributed by atoms with Gasteiger partial charge in [-0.2, -0.15) is 11.8 Å². The molecule has 2 aliphatic rings. The molecule has 0 spiro atoms. The van der Waals surface area contributed by atoms with Gasteiger partial charge >= 0.3 is 0 Å². The molecule has 0 aromatic rings. The highest BCUT2D eigenvalue weighted by Gasteiger charge is 2.28. The average molecular weight is 256 g/mol. The Morgan fingerprint density at radius 1 is 1.35 bits per heavy atom. The van der Waals surface area contributed by atoms with Gasteiger partial charge in [-0.1, -0.05) is 6.92 Å². The Morgan fingerprint density at radius 2 is 2.06 bits per heavy atom. The molecular formula is C13H24N2OS. The largest absolute Gasteiger partial charge is 0.341 e. The van der Waals surface area contributed by atoms with Crippen LogP contribution in [-0.4, -0.2) is 47.0 Å². The van der Waals surface area contributed by atoms with Crippen molar-refractivity contribution in [2.24, 2.45) is 0 Å². The van der Waals surface area contributed by atoms with Crippen molar-refractivity contribution in [3.8, 4) is 0 Å². The minimum Gasteiger partial charge on any atom is -0.341 e. The third-order valence-corrected chi connectivity index (χ3v) is 5.24. The number of likely N-dealkylation sites (tertiary alicyclic amines) is 1. The summed E-state index contributed by atoms with van der Waals surface area (Å²) >= 11 is 2.02. The van der Waals surface area contributed by atoms with E-state index in [0.717, 1.165) is 13.1 Å². The molecule has 2 rings (SSSR count). The topological polar surface area (TPSA) is 32.3 Å². The molecule has 0 radical (unpaired) electrons. The van der Waals surface area contributed by atoms with E-state index < -0.39 is 0 Å². The fourth-order valence-corrected chi connectivity index (χ4v) is 3.90. The molecule has 2 saturated heterocycles. The molecule has 3 unspecified atom stereocenters. The van der Waals surface area contributed by atoms with Gasteiger partial charge in [-0.25, -0.2) is 0 Å². The van der Waals surface area contributed by atoms with Crippen LogP contribution >= 0.6 is 11.8 Å². The fourth-order valence-electron chi connectivity index (χ4n) is 2.75. The summed E-state index contributed by atoms with van der Waals surface area (Å²) in [5.74, 6) is 1.57. The van der Waals surface area contributed by atoms with Crippen LogP contribution in [0.5, 0.6) is 0 Å². The number of carbonyl (C=O) groups excluding carboxylic acids is 1. The number of hydrogen-bond acceptors (Lipinski definition) is 3. The van der Waals surface area contributed by atoms with Crippen LogP contribution < -0.4 is 5.32 Å². The van der Waals surface area contributed by atoms with Gasteiger partial charge in [0.05, 0.1) is 6.04 Å². The predicted molar refractivity (Wildman–Crippen MR) is 73.4 cm³/mol. The van der Waals surface area contributed by atoms with Crippen molar-refractivity contribution >= 4 is 17.7 Å². The van der Waals surface area contributed by atoms with E-state index in [1.807, 2.05) is 23.6 Å². The fraction of sp³-hybridized carbons (Fsp3) is 0.923. The Hall–Kier alpha value is -0.220. The zero-order valence-corrected chi connectivity index (χ0v) is 11.8. The summed E-state index contributed by atoms with van der Waals surface area (Å²) < 4.78 is 0. The van der Waals surface area contributed by atoms with E-state index in [1.165, 1.54) is 31.4 Å². The van der Waals surface area contributed by atoms with Crippen LogP contribution in [0.4, 0.5) is 0 Å². The van der Waals surface area contributed by atoms with Gasteiger partial charge in [-0.05, 0) is 38.4 Å². The van der Waals surface area contributed by atoms with Gasteiger partial charge in [-0.3, -0.25) is 4.79 Å². The lowest BCUT2D eigenvalue weighted by Crippen LogP contribution is -2.50. The Morgan fingerprint density at radius 3 is 2.71 bits per heavy atom. The number of hydrogen-bond donors (Lipinski definition) is 1. The maximum Gasteiger partial charge on any atom is 0.239 e. The summed E-state index contributed by atoms with van der Waals surface area (Å²) in [5, 5.41) is 4.17. The van der Waals surface area contributed by atoms with Crippen molar-refractivity contribution in [1.82, 2.24) is 10.2 Å². The molecule has 4 heteroatoms. The number of thioether (sulfide) groups is 1. The van der Waals surface area contributed by atoms with Crippen molar-refractivity contribution in [2.45, 2.75) is 56.9 Å². The van der Waals surface area contributed by atoms with Gasteiger partial charge in [0, 0.05) is 24.4 Å². The first-order valence-corrected chi connectivity index (χ1v) is 7.90. The van der Waals surface area contributed by atoms with Crippen LogP contribution in [0.3, 0.4) is 0 Å². The number of nitrogens with zero attached hydrogens (tertiary/aromatic N) is 1. The summed E-state index contributed by atoms with van der Waals surface area (Å²) in [7, 11) is 0. The Bertz CT molecular complexity index is 266. The third kappa shape index (κ3) is 3.38. The molecule has 2 aliphatic heterocycles. The van der Waals surface area contributed by atoms with E-state index in [0.29, 0.717) is 17.2 Å². The monoisotopic (exact) mass is 256 g/mol. The minimum atomic E-state index is -0.0146. The quantitative estimate of drug-likeness (QED) is 0.836. The molecule has 3 nitrogen and oxygen atoms in total. The molecule has 0 saturated carbocycles. The molecule has 98 valence electrons. The van der Waals surface area contributed by atoms with E-state index in [2.05, 4.69) is 12.2 Å². The van der Waals surface area contributed by atoms with Crippen LogP contribution in [0.25, 0.3) is 0 Å². The van der Waals surface area contributed by atoms with Crippen molar-refractivity contribution in [1.29, 1.82) is 0 Å². The zero-order valence-electron chi connectivity index (χ0n) is 10.9. The van der Waals surface area contributed by atoms with Crippen LogP contribution in [0.1, 0.15) is 39.5 Å². The molecule has 0 aliphatic carbocycles. The third-order valence-electron chi connectivity index (χ3n) is 3.86. The number of rotatable bonds is 3. The first kappa shape index (κ1) is 13.2. The molecule has 1 amide bonds. The predicted octanol–water partition coefficient (Wildman–Crippen LogP) is 1.87. The van der Waals surface area contributed by atoms with E-state index in [-0.39, 0.29) is 6.04 Å². The number of amides is 1. The van der Waals surface area contributed by atoms with Crippen molar-refractivity contribution in [3.63, 3.8) is 0 Å². The Kier molecular flexibility index (Phi) is 4.74. The second-order valence-electron chi connectivity index (χ2n) is 5.25. The Balaban J connectivity index is 1.82. The van der Waals surface area contributed by atoms with E-state index >= 15 is 0 Å². The van der Waals surface area contributed by atoms with Crippen molar-refractivity contribution in [3.05, 3.63) is 0 Å². The molecule has 0 aromatic carbocycles. The highest BCUT2D eigenvalue weighted by atomic mass is 32.2. The zero-order chi connectivity index (χ0) is 12.3. The molecular weight excluding hydrogens is 232 g/mol. The Labute approximate surface area is 109 Å². The summed E-state index contributed by atoms with van der Waals surface area (Å²) in [6.07, 6.45) is 4.84. The number of nitrogens with one attached hydrogen (secondary N) is 1. The van der Waals surface area contributed by atoms with Crippen molar-refractivity contribution in [2.75, 3.05) is 18.8 Å². The average Bonchev–Trinajstić information content (AvgIpc) is 2.84. The van der Waals surface area contributed by atoms with E-state index in [9.17, 15) is 4.79 Å². The normalized spacial score (nSPS) is 31.5. The second kappa shape index (κ2) is 6.10. The standard InChI is InChI=1S/C13H24N2OS/c1-10(13(16)15-7-3-4-8-15)14-12-6-5-9-17-11(12)2/h10-12,14H,3-9H2,1-2H3. The lowest BCUT2D eigenvalue weighted by molar-refractivity contribution is -0.132. The molecule has 3 atom stereocenters. The van der Waals surface area contributed by atoms with Crippen LogP contribution in [0.15, 0.2) is 0 Å². The highest BCUT2D eigenvalue weighted by Crippen LogP contribution is 2.25. The lowest BCUT2D eigenvalue weighted by atomic mass is 10.1. The van der Waals surface area contributed by atoms with Gasteiger partial charge in [-0.15, -0.1) is 0 Å². The van der Waals surface area contributed by atoms with Gasteiger partial charge in [0.25, 0.3) is 0 Å². The highest BCUT2D eigenvalue weighted by molar-refractivity contribution is 7.99.